The third-order valence-electron chi connectivity index (χ3n) is 3.75. The first-order chi connectivity index (χ1) is 10.3. The van der Waals surface area contributed by atoms with Gasteiger partial charge in [0.15, 0.2) is 0 Å². The summed E-state index contributed by atoms with van der Waals surface area (Å²) in [5.74, 6) is 3.40. The van der Waals surface area contributed by atoms with E-state index < -0.39 is 0 Å². The highest BCUT2D eigenvalue weighted by Crippen LogP contribution is 2.38. The minimum atomic E-state index is 0.216. The highest BCUT2D eigenvalue weighted by Gasteiger charge is 2.21. The smallest absolute Gasteiger partial charge is 0.124 e. The van der Waals surface area contributed by atoms with E-state index in [0.717, 1.165) is 11.5 Å². The predicted octanol–water partition coefficient (Wildman–Crippen LogP) is 4.24. The number of fused-ring (bicyclic) bond motifs is 1. The first-order valence-corrected chi connectivity index (χ1v) is 9.38. The number of thiophene rings is 1. The SMILES string of the molecule is CCOc1ccccc1C(NC)c1cc2c(s1)CCSC2. The molecule has 1 N–H and O–H groups in total. The highest BCUT2D eigenvalue weighted by molar-refractivity contribution is 7.98. The zero-order chi connectivity index (χ0) is 14.7. The lowest BCUT2D eigenvalue weighted by Crippen LogP contribution is -2.17. The Morgan fingerprint density at radius 1 is 1.33 bits per heavy atom. The van der Waals surface area contributed by atoms with E-state index >= 15 is 0 Å². The summed E-state index contributed by atoms with van der Waals surface area (Å²) in [5, 5.41) is 3.47. The molecular weight excluding hydrogens is 298 g/mol. The Morgan fingerprint density at radius 3 is 2.95 bits per heavy atom. The predicted molar refractivity (Wildman–Crippen MR) is 92.7 cm³/mol. The van der Waals surface area contributed by atoms with E-state index in [0.29, 0.717) is 6.61 Å². The van der Waals surface area contributed by atoms with Gasteiger partial charge in [-0.15, -0.1) is 11.3 Å². The number of thioether (sulfide) groups is 1. The molecule has 0 fully saturated rings. The van der Waals surface area contributed by atoms with Crippen molar-refractivity contribution in [3.8, 4) is 5.75 Å². The molecule has 0 bridgehead atoms. The van der Waals surface area contributed by atoms with E-state index in [1.807, 2.05) is 43.1 Å². The van der Waals surface area contributed by atoms with Crippen molar-refractivity contribution in [2.75, 3.05) is 19.4 Å². The summed E-state index contributed by atoms with van der Waals surface area (Å²) >= 11 is 4.00. The second kappa shape index (κ2) is 6.86. The molecule has 2 aromatic rings. The third kappa shape index (κ3) is 3.12. The molecule has 2 heterocycles. The Bertz CT molecular complexity index is 585. The molecule has 1 unspecified atom stereocenters. The normalized spacial score (nSPS) is 15.5. The molecule has 0 spiro atoms. The van der Waals surface area contributed by atoms with Crippen molar-refractivity contribution in [2.24, 2.45) is 0 Å². The van der Waals surface area contributed by atoms with E-state index in [1.165, 1.54) is 28.2 Å². The van der Waals surface area contributed by atoms with Gasteiger partial charge < -0.3 is 10.1 Å². The Hall–Kier alpha value is -0.970. The van der Waals surface area contributed by atoms with Crippen molar-refractivity contribution in [1.29, 1.82) is 0 Å². The average Bonchev–Trinajstić information content (AvgIpc) is 2.93. The molecular formula is C17H21NOS2. The van der Waals surface area contributed by atoms with Gasteiger partial charge in [-0.1, -0.05) is 18.2 Å². The van der Waals surface area contributed by atoms with E-state index in [4.69, 9.17) is 4.74 Å². The van der Waals surface area contributed by atoms with Gasteiger partial charge in [-0.25, -0.2) is 0 Å². The summed E-state index contributed by atoms with van der Waals surface area (Å²) in [6, 6.07) is 11.0. The number of rotatable bonds is 5. The van der Waals surface area contributed by atoms with Gasteiger partial charge in [0.05, 0.1) is 12.6 Å². The lowest BCUT2D eigenvalue weighted by atomic mass is 10.0. The zero-order valence-electron chi connectivity index (χ0n) is 12.5. The van der Waals surface area contributed by atoms with Gasteiger partial charge in [0.2, 0.25) is 0 Å². The maximum absolute atomic E-state index is 5.80. The summed E-state index contributed by atoms with van der Waals surface area (Å²) < 4.78 is 5.80. The number of hydrogen-bond acceptors (Lipinski definition) is 4. The lowest BCUT2D eigenvalue weighted by molar-refractivity contribution is 0.334. The summed E-state index contributed by atoms with van der Waals surface area (Å²) in [6.07, 6.45) is 1.22. The monoisotopic (exact) mass is 319 g/mol. The molecule has 1 atom stereocenters. The fraction of sp³-hybridized carbons (Fsp3) is 0.412. The van der Waals surface area contributed by atoms with Gasteiger partial charge >= 0.3 is 0 Å². The van der Waals surface area contributed by atoms with Gasteiger partial charge in [0.1, 0.15) is 5.75 Å². The number of benzene rings is 1. The topological polar surface area (TPSA) is 21.3 Å². The highest BCUT2D eigenvalue weighted by atomic mass is 32.2. The maximum Gasteiger partial charge on any atom is 0.124 e. The Balaban J connectivity index is 1.96. The molecule has 3 rings (SSSR count). The Labute approximate surface area is 134 Å². The summed E-state index contributed by atoms with van der Waals surface area (Å²) in [4.78, 5) is 2.97. The Kier molecular flexibility index (Phi) is 4.88. The second-order valence-electron chi connectivity index (χ2n) is 5.09. The van der Waals surface area contributed by atoms with Crippen molar-refractivity contribution in [1.82, 2.24) is 5.32 Å². The van der Waals surface area contributed by atoms with Crippen LogP contribution in [0.5, 0.6) is 5.75 Å². The second-order valence-corrected chi connectivity index (χ2v) is 7.37. The molecule has 1 aliphatic rings. The molecule has 1 aromatic carbocycles. The number of aryl methyl sites for hydroxylation is 1. The first kappa shape index (κ1) is 14.9. The quantitative estimate of drug-likeness (QED) is 0.890. The van der Waals surface area contributed by atoms with Gasteiger partial charge in [-0.3, -0.25) is 0 Å². The molecule has 4 heteroatoms. The third-order valence-corrected chi connectivity index (χ3v) is 6.06. The largest absolute Gasteiger partial charge is 0.494 e. The van der Waals surface area contributed by atoms with Gasteiger partial charge in [0, 0.05) is 21.1 Å². The van der Waals surface area contributed by atoms with Gasteiger partial charge in [-0.2, -0.15) is 11.8 Å². The van der Waals surface area contributed by atoms with Crippen LogP contribution in [0.4, 0.5) is 0 Å². The van der Waals surface area contributed by atoms with Crippen molar-refractivity contribution >= 4 is 23.1 Å². The van der Waals surface area contributed by atoms with E-state index in [9.17, 15) is 0 Å². The van der Waals surface area contributed by atoms with Crippen molar-refractivity contribution in [3.63, 3.8) is 0 Å². The standard InChI is InChI=1S/C17H21NOS2/c1-3-19-14-7-5-4-6-13(14)17(18-2)16-10-12-11-20-9-8-15(12)21-16/h4-7,10,17-18H,3,8-9,11H2,1-2H3. The average molecular weight is 319 g/mol. The van der Waals surface area contributed by atoms with Gasteiger partial charge in [-0.05, 0) is 43.8 Å². The minimum absolute atomic E-state index is 0.216. The number of ether oxygens (including phenoxy) is 1. The van der Waals surface area contributed by atoms with Gasteiger partial charge in [0.25, 0.3) is 0 Å². The van der Waals surface area contributed by atoms with E-state index in [1.54, 1.807) is 4.88 Å². The molecule has 0 aliphatic carbocycles. The lowest BCUT2D eigenvalue weighted by Gasteiger charge is -2.18. The molecule has 0 radical (unpaired) electrons. The fourth-order valence-corrected chi connectivity index (χ4v) is 5.28. The molecule has 112 valence electrons. The first-order valence-electron chi connectivity index (χ1n) is 7.41. The van der Waals surface area contributed by atoms with Crippen molar-refractivity contribution < 1.29 is 4.74 Å². The van der Waals surface area contributed by atoms with Crippen LogP contribution >= 0.6 is 23.1 Å². The molecule has 0 saturated carbocycles. The van der Waals surface area contributed by atoms with E-state index in [-0.39, 0.29) is 6.04 Å². The van der Waals surface area contributed by atoms with Crippen LogP contribution in [0.1, 0.15) is 33.8 Å². The Morgan fingerprint density at radius 2 is 2.19 bits per heavy atom. The van der Waals surface area contributed by atoms with Crippen LogP contribution in [-0.2, 0) is 12.2 Å². The molecule has 21 heavy (non-hydrogen) atoms. The van der Waals surface area contributed by atoms with Crippen LogP contribution in [0.2, 0.25) is 0 Å². The summed E-state index contributed by atoms with van der Waals surface area (Å²) in [7, 11) is 2.03. The summed E-state index contributed by atoms with van der Waals surface area (Å²) in [5.41, 5.74) is 2.76. The minimum Gasteiger partial charge on any atom is -0.494 e. The molecule has 2 nitrogen and oxygen atoms in total. The number of nitrogens with one attached hydrogen (secondary N) is 1. The number of para-hydroxylation sites is 1. The number of hydrogen-bond donors (Lipinski definition) is 1. The van der Waals surface area contributed by atoms with Crippen LogP contribution in [0.3, 0.4) is 0 Å². The van der Waals surface area contributed by atoms with E-state index in [2.05, 4.69) is 29.6 Å². The van der Waals surface area contributed by atoms with Crippen LogP contribution in [-0.4, -0.2) is 19.4 Å². The van der Waals surface area contributed by atoms with Crippen LogP contribution in [0.15, 0.2) is 30.3 Å². The van der Waals surface area contributed by atoms with Crippen LogP contribution in [0.25, 0.3) is 0 Å². The fourth-order valence-electron chi connectivity index (χ4n) is 2.77. The molecule has 1 aliphatic heterocycles. The molecule has 0 saturated heterocycles. The van der Waals surface area contributed by atoms with Crippen LogP contribution < -0.4 is 10.1 Å². The maximum atomic E-state index is 5.80. The van der Waals surface area contributed by atoms with Crippen molar-refractivity contribution in [3.05, 3.63) is 51.2 Å². The summed E-state index contributed by atoms with van der Waals surface area (Å²) in [6.45, 7) is 2.73. The molecule has 0 amide bonds. The van der Waals surface area contributed by atoms with Crippen LogP contribution in [0, 0.1) is 0 Å². The van der Waals surface area contributed by atoms with Crippen molar-refractivity contribution in [2.45, 2.75) is 25.1 Å². The molecule has 1 aromatic heterocycles. The zero-order valence-corrected chi connectivity index (χ0v) is 14.2.